The van der Waals surface area contributed by atoms with Gasteiger partial charge in [0.15, 0.2) is 0 Å². The van der Waals surface area contributed by atoms with Crippen LogP contribution in [0.2, 0.25) is 0 Å². The predicted octanol–water partition coefficient (Wildman–Crippen LogP) is 2.55. The summed E-state index contributed by atoms with van der Waals surface area (Å²) in [4.78, 5) is 43.3. The van der Waals surface area contributed by atoms with Crippen LogP contribution < -0.4 is 10.1 Å². The Kier molecular flexibility index (Phi) is 7.35. The fourth-order valence-corrected chi connectivity index (χ4v) is 4.56. The lowest BCUT2D eigenvalue weighted by Gasteiger charge is -2.42. The van der Waals surface area contributed by atoms with Crippen molar-refractivity contribution in [1.82, 2.24) is 20.0 Å². The zero-order chi connectivity index (χ0) is 24.1. The molecule has 0 saturated carbocycles. The maximum absolute atomic E-state index is 12.8. The number of benzene rings is 2. The molecule has 2 aliphatic rings. The van der Waals surface area contributed by atoms with Crippen molar-refractivity contribution in [3.8, 4) is 5.75 Å². The maximum atomic E-state index is 12.8. The molecule has 2 aromatic carbocycles. The van der Waals surface area contributed by atoms with E-state index in [1.165, 1.54) is 0 Å². The van der Waals surface area contributed by atoms with Gasteiger partial charge in [0.2, 0.25) is 0 Å². The normalized spacial score (nSPS) is 17.2. The number of piperidine rings is 1. The first kappa shape index (κ1) is 23.6. The summed E-state index contributed by atoms with van der Waals surface area (Å²) in [7, 11) is 1.62. The van der Waals surface area contributed by atoms with Crippen LogP contribution in [-0.4, -0.2) is 71.9 Å². The second-order valence-electron chi connectivity index (χ2n) is 8.94. The Morgan fingerprint density at radius 1 is 0.971 bits per heavy atom. The molecule has 8 nitrogen and oxygen atoms in total. The second kappa shape index (κ2) is 10.6. The molecule has 0 aliphatic carbocycles. The van der Waals surface area contributed by atoms with E-state index < -0.39 is 11.8 Å². The Morgan fingerprint density at radius 2 is 1.71 bits per heavy atom. The van der Waals surface area contributed by atoms with Crippen LogP contribution >= 0.6 is 0 Å². The van der Waals surface area contributed by atoms with Crippen LogP contribution in [0.1, 0.15) is 29.5 Å². The third-order valence-corrected chi connectivity index (χ3v) is 6.61. The Balaban J connectivity index is 1.25. The zero-order valence-electron chi connectivity index (χ0n) is 19.8. The number of piperazine rings is 1. The van der Waals surface area contributed by atoms with Crippen LogP contribution in [0.15, 0.2) is 48.5 Å². The van der Waals surface area contributed by atoms with Crippen LogP contribution in [0.3, 0.4) is 0 Å². The highest BCUT2D eigenvalue weighted by Gasteiger charge is 2.37. The Bertz CT molecular complexity index is 1030. The molecule has 2 fully saturated rings. The van der Waals surface area contributed by atoms with E-state index in [-0.39, 0.29) is 12.1 Å². The second-order valence-corrected chi connectivity index (χ2v) is 8.94. The van der Waals surface area contributed by atoms with Gasteiger partial charge in [-0.15, -0.1) is 0 Å². The quantitative estimate of drug-likeness (QED) is 0.666. The molecule has 4 amide bonds. The first-order chi connectivity index (χ1) is 16.4. The summed E-state index contributed by atoms with van der Waals surface area (Å²) in [5, 5.41) is 2.95. The molecule has 2 heterocycles. The number of nitrogens with zero attached hydrogens (tertiary/aromatic N) is 3. The van der Waals surface area contributed by atoms with Gasteiger partial charge in [0, 0.05) is 45.3 Å². The highest BCUT2D eigenvalue weighted by Crippen LogP contribution is 2.21. The van der Waals surface area contributed by atoms with Gasteiger partial charge in [-0.2, -0.15) is 0 Å². The standard InChI is InChI=1S/C26H32N4O4/c1-19-6-8-20(9-7-19)18-29-14-15-30(25(32)24(29)31)22-10-12-28(13-11-22)26(33)27-17-21-4-3-5-23(16-21)34-2/h3-9,16,22H,10-15,17-18H2,1-2H3,(H,27,33). The first-order valence-corrected chi connectivity index (χ1v) is 11.8. The minimum atomic E-state index is -0.440. The molecule has 0 atom stereocenters. The number of aryl methyl sites for hydroxylation is 1. The Labute approximate surface area is 200 Å². The highest BCUT2D eigenvalue weighted by atomic mass is 16.5. The van der Waals surface area contributed by atoms with Gasteiger partial charge < -0.3 is 24.8 Å². The molecule has 0 unspecified atom stereocenters. The fourth-order valence-electron chi connectivity index (χ4n) is 4.56. The van der Waals surface area contributed by atoms with Crippen molar-refractivity contribution in [2.75, 3.05) is 33.3 Å². The van der Waals surface area contributed by atoms with E-state index in [2.05, 4.69) is 5.32 Å². The molecule has 2 aliphatic heterocycles. The summed E-state index contributed by atoms with van der Waals surface area (Å²) in [6, 6.07) is 15.5. The number of methoxy groups -OCH3 is 1. The monoisotopic (exact) mass is 464 g/mol. The SMILES string of the molecule is COc1cccc(CNC(=O)N2CCC(N3CCN(Cc4ccc(C)cc4)C(=O)C3=O)CC2)c1. The smallest absolute Gasteiger partial charge is 0.317 e. The first-order valence-electron chi connectivity index (χ1n) is 11.8. The van der Waals surface area contributed by atoms with Crippen molar-refractivity contribution in [2.45, 2.75) is 38.9 Å². The van der Waals surface area contributed by atoms with E-state index in [1.54, 1.807) is 21.8 Å². The lowest BCUT2D eigenvalue weighted by atomic mass is 10.0. The fraction of sp³-hybridized carbons (Fsp3) is 0.423. The molecule has 34 heavy (non-hydrogen) atoms. The number of carbonyl (C=O) groups is 3. The molecule has 4 rings (SSSR count). The summed E-state index contributed by atoms with van der Waals surface area (Å²) >= 11 is 0. The van der Waals surface area contributed by atoms with E-state index in [9.17, 15) is 14.4 Å². The molecule has 1 N–H and O–H groups in total. The topological polar surface area (TPSA) is 82.2 Å². The number of likely N-dealkylation sites (tertiary alicyclic amines) is 1. The van der Waals surface area contributed by atoms with Gasteiger partial charge in [-0.25, -0.2) is 4.79 Å². The molecule has 0 aromatic heterocycles. The largest absolute Gasteiger partial charge is 0.497 e. The van der Waals surface area contributed by atoms with Crippen LogP contribution in [0, 0.1) is 6.92 Å². The van der Waals surface area contributed by atoms with Crippen LogP contribution in [0.4, 0.5) is 4.79 Å². The summed E-state index contributed by atoms with van der Waals surface area (Å²) in [6.45, 7) is 5.06. The van der Waals surface area contributed by atoms with Crippen LogP contribution in [0.5, 0.6) is 5.75 Å². The Hall–Kier alpha value is -3.55. The van der Waals surface area contributed by atoms with E-state index in [0.29, 0.717) is 52.1 Å². The van der Waals surface area contributed by atoms with E-state index >= 15 is 0 Å². The van der Waals surface area contributed by atoms with Crippen molar-refractivity contribution in [3.05, 3.63) is 65.2 Å². The average Bonchev–Trinajstić information content (AvgIpc) is 2.87. The minimum absolute atomic E-state index is 0.0135. The zero-order valence-corrected chi connectivity index (χ0v) is 19.8. The van der Waals surface area contributed by atoms with Gasteiger partial charge in [0.05, 0.1) is 7.11 Å². The third kappa shape index (κ3) is 5.50. The van der Waals surface area contributed by atoms with E-state index in [1.807, 2.05) is 55.5 Å². The number of hydrogen-bond acceptors (Lipinski definition) is 4. The van der Waals surface area contributed by atoms with Gasteiger partial charge in [-0.3, -0.25) is 9.59 Å². The van der Waals surface area contributed by atoms with Crippen LogP contribution in [-0.2, 0) is 22.7 Å². The van der Waals surface area contributed by atoms with Crippen molar-refractivity contribution in [2.24, 2.45) is 0 Å². The van der Waals surface area contributed by atoms with Gasteiger partial charge >= 0.3 is 17.8 Å². The van der Waals surface area contributed by atoms with Gasteiger partial charge in [-0.1, -0.05) is 42.0 Å². The highest BCUT2D eigenvalue weighted by molar-refractivity contribution is 6.35. The van der Waals surface area contributed by atoms with Crippen molar-refractivity contribution in [1.29, 1.82) is 0 Å². The number of rotatable bonds is 6. The van der Waals surface area contributed by atoms with E-state index in [4.69, 9.17) is 4.74 Å². The molecule has 2 saturated heterocycles. The molecule has 2 aromatic rings. The van der Waals surface area contributed by atoms with Crippen molar-refractivity contribution in [3.63, 3.8) is 0 Å². The molecule has 0 radical (unpaired) electrons. The molecule has 0 bridgehead atoms. The third-order valence-electron chi connectivity index (χ3n) is 6.61. The molecule has 8 heteroatoms. The van der Waals surface area contributed by atoms with Crippen molar-refractivity contribution >= 4 is 17.8 Å². The molecular weight excluding hydrogens is 432 g/mol. The summed E-state index contributed by atoms with van der Waals surface area (Å²) in [5.74, 6) is -0.115. The number of carbonyl (C=O) groups excluding carboxylic acids is 3. The number of nitrogens with one attached hydrogen (secondary N) is 1. The summed E-state index contributed by atoms with van der Waals surface area (Å²) in [6.07, 6.45) is 1.34. The van der Waals surface area contributed by atoms with Gasteiger partial charge in [-0.05, 0) is 43.0 Å². The van der Waals surface area contributed by atoms with Crippen molar-refractivity contribution < 1.29 is 19.1 Å². The number of ether oxygens (including phenoxy) is 1. The lowest BCUT2D eigenvalue weighted by molar-refractivity contribution is -0.158. The summed E-state index contributed by atoms with van der Waals surface area (Å²) in [5.41, 5.74) is 3.15. The maximum Gasteiger partial charge on any atom is 0.317 e. The van der Waals surface area contributed by atoms with E-state index in [0.717, 1.165) is 22.4 Å². The van der Waals surface area contributed by atoms with Crippen LogP contribution in [0.25, 0.3) is 0 Å². The van der Waals surface area contributed by atoms with Gasteiger partial charge in [0.25, 0.3) is 0 Å². The molecule has 0 spiro atoms. The number of urea groups is 1. The average molecular weight is 465 g/mol. The number of hydrogen-bond donors (Lipinski definition) is 1. The predicted molar refractivity (Wildman–Crippen MR) is 128 cm³/mol. The lowest BCUT2D eigenvalue weighted by Crippen LogP contribution is -2.59. The molecular formula is C26H32N4O4. The minimum Gasteiger partial charge on any atom is -0.497 e. The van der Waals surface area contributed by atoms with Gasteiger partial charge in [0.1, 0.15) is 5.75 Å². The number of amides is 4. The molecule has 180 valence electrons. The Morgan fingerprint density at radius 3 is 2.41 bits per heavy atom. The summed E-state index contributed by atoms with van der Waals surface area (Å²) < 4.78 is 5.22.